The highest BCUT2D eigenvalue weighted by atomic mass is 16.5. The van der Waals surface area contributed by atoms with Crippen LogP contribution in [-0.4, -0.2) is 31.1 Å². The second kappa shape index (κ2) is 20.3. The van der Waals surface area contributed by atoms with Gasteiger partial charge < -0.3 is 30.4 Å². The predicted molar refractivity (Wildman–Crippen MR) is 181 cm³/mol. The maximum absolute atomic E-state index is 12.2. The van der Waals surface area contributed by atoms with Crippen molar-refractivity contribution in [1.82, 2.24) is 0 Å². The lowest BCUT2D eigenvalue weighted by molar-refractivity contribution is -0.134. The summed E-state index contributed by atoms with van der Waals surface area (Å²) in [6.45, 7) is 3.12. The number of esters is 3. The van der Waals surface area contributed by atoms with Gasteiger partial charge in [-0.25, -0.2) is 9.59 Å². The van der Waals surface area contributed by atoms with Gasteiger partial charge in [0.15, 0.2) is 0 Å². The number of ether oxygens (including phenoxy) is 4. The van der Waals surface area contributed by atoms with Crippen molar-refractivity contribution in [3.8, 4) is 17.2 Å². The summed E-state index contributed by atoms with van der Waals surface area (Å²) in [6.07, 6.45) is 13.4. The van der Waals surface area contributed by atoms with Crippen molar-refractivity contribution in [1.29, 1.82) is 0 Å². The lowest BCUT2D eigenvalue weighted by Crippen LogP contribution is -2.07. The highest BCUT2D eigenvalue weighted by Gasteiger charge is 2.09. The van der Waals surface area contributed by atoms with Crippen LogP contribution >= 0.6 is 0 Å². The van der Waals surface area contributed by atoms with Crippen LogP contribution in [0.25, 0.3) is 6.08 Å². The van der Waals surface area contributed by atoms with E-state index in [4.69, 9.17) is 30.4 Å². The lowest BCUT2D eigenvalue weighted by atomic mass is 10.1. The Morgan fingerprint density at radius 3 is 1.87 bits per heavy atom. The molecular formula is C37H46N2O7. The number of nitrogen functional groups attached to an aromatic ring is 2. The first-order valence-electron chi connectivity index (χ1n) is 16.1. The van der Waals surface area contributed by atoms with Crippen LogP contribution in [0.5, 0.6) is 17.2 Å². The molecule has 9 heteroatoms. The normalized spacial score (nSPS) is 10.9. The fourth-order valence-corrected chi connectivity index (χ4v) is 4.59. The molecule has 0 amide bonds. The molecule has 0 aromatic heterocycles. The van der Waals surface area contributed by atoms with Crippen molar-refractivity contribution in [2.75, 3.05) is 24.7 Å². The Kier molecular flexibility index (Phi) is 15.7. The molecule has 9 nitrogen and oxygen atoms in total. The Hall–Kier alpha value is -4.79. The minimum atomic E-state index is -0.509. The van der Waals surface area contributed by atoms with Crippen molar-refractivity contribution in [2.45, 2.75) is 77.6 Å². The number of nitrogens with two attached hydrogens (primary N) is 2. The summed E-state index contributed by atoms with van der Waals surface area (Å²) >= 11 is 0. The summed E-state index contributed by atoms with van der Waals surface area (Å²) in [4.78, 5) is 36.3. The topological polar surface area (TPSA) is 140 Å². The first kappa shape index (κ1) is 35.7. The number of unbranched alkanes of at least 4 members (excludes halogenated alkanes) is 8. The average molecular weight is 631 g/mol. The van der Waals surface area contributed by atoms with E-state index in [2.05, 4.69) is 6.92 Å². The zero-order valence-electron chi connectivity index (χ0n) is 26.7. The maximum atomic E-state index is 12.2. The molecular weight excluding hydrogens is 584 g/mol. The van der Waals surface area contributed by atoms with E-state index >= 15 is 0 Å². The lowest BCUT2D eigenvalue weighted by Gasteiger charge is -2.07. The largest absolute Gasteiger partial charge is 0.494 e. The second-order valence-electron chi connectivity index (χ2n) is 11.1. The Morgan fingerprint density at radius 2 is 1.22 bits per heavy atom. The molecule has 0 aliphatic heterocycles. The summed E-state index contributed by atoms with van der Waals surface area (Å²) in [5.41, 5.74) is 13.5. The molecule has 0 saturated carbocycles. The summed E-state index contributed by atoms with van der Waals surface area (Å²) in [5.74, 6) is 0.381. The van der Waals surface area contributed by atoms with E-state index < -0.39 is 11.9 Å². The van der Waals surface area contributed by atoms with Gasteiger partial charge in [-0.2, -0.15) is 0 Å². The molecule has 4 N–H and O–H groups in total. The highest BCUT2D eigenvalue weighted by molar-refractivity contribution is 5.91. The van der Waals surface area contributed by atoms with Gasteiger partial charge >= 0.3 is 17.9 Å². The van der Waals surface area contributed by atoms with Crippen LogP contribution in [0.15, 0.2) is 72.8 Å². The number of carbonyl (C=O) groups is 3. The molecule has 46 heavy (non-hydrogen) atoms. The number of hydrogen-bond donors (Lipinski definition) is 2. The Morgan fingerprint density at radius 1 is 0.652 bits per heavy atom. The van der Waals surface area contributed by atoms with Gasteiger partial charge in [-0.3, -0.25) is 4.79 Å². The van der Waals surface area contributed by atoms with E-state index in [1.54, 1.807) is 48.5 Å². The van der Waals surface area contributed by atoms with Crippen LogP contribution in [-0.2, 0) is 14.3 Å². The van der Waals surface area contributed by atoms with Crippen molar-refractivity contribution in [3.05, 3.63) is 83.9 Å². The van der Waals surface area contributed by atoms with Crippen LogP contribution in [0, 0.1) is 0 Å². The molecule has 3 aromatic carbocycles. The third-order valence-electron chi connectivity index (χ3n) is 7.05. The SMILES string of the molecule is CCCCCCC(=O)Oc1ccc(OC(=O)/C=C/c2ccc(OCCCCCCCCOC(=O)c3cc(N)cc(N)c3)cc2)cc1. The molecule has 0 radical (unpaired) electrons. The fourth-order valence-electron chi connectivity index (χ4n) is 4.59. The minimum absolute atomic E-state index is 0.260. The standard InChI is InChI=1S/C37H46N2O7/c1-2-3-4-9-12-35(40)45-33-18-20-34(21-19-33)46-36(41)22-15-28-13-16-32(17-14-28)43-23-10-7-5-6-8-11-24-44-37(42)29-25-30(38)27-31(39)26-29/h13-22,25-27H,2-12,23-24,38-39H2,1H3/b22-15+. The Balaban J connectivity index is 1.23. The second-order valence-corrected chi connectivity index (χ2v) is 11.1. The van der Waals surface area contributed by atoms with Crippen LogP contribution in [0.2, 0.25) is 0 Å². The van der Waals surface area contributed by atoms with Gasteiger partial charge in [0.25, 0.3) is 0 Å². The molecule has 0 atom stereocenters. The maximum Gasteiger partial charge on any atom is 0.338 e. The summed E-state index contributed by atoms with van der Waals surface area (Å²) < 4.78 is 21.8. The third kappa shape index (κ3) is 14.3. The first-order valence-corrected chi connectivity index (χ1v) is 16.1. The number of rotatable bonds is 20. The number of anilines is 2. The van der Waals surface area contributed by atoms with E-state index in [0.717, 1.165) is 75.5 Å². The van der Waals surface area contributed by atoms with E-state index in [-0.39, 0.29) is 5.97 Å². The monoisotopic (exact) mass is 630 g/mol. The summed E-state index contributed by atoms with van der Waals surface area (Å²) in [7, 11) is 0. The molecule has 0 saturated heterocycles. The van der Waals surface area contributed by atoms with Gasteiger partial charge in [0.2, 0.25) is 0 Å². The highest BCUT2D eigenvalue weighted by Crippen LogP contribution is 2.20. The molecule has 0 fully saturated rings. The fraction of sp³-hybridized carbons (Fsp3) is 0.378. The molecule has 3 aromatic rings. The van der Waals surface area contributed by atoms with Gasteiger partial charge in [0.05, 0.1) is 18.8 Å². The van der Waals surface area contributed by atoms with E-state index in [1.165, 1.54) is 6.08 Å². The predicted octanol–water partition coefficient (Wildman–Crippen LogP) is 7.92. The van der Waals surface area contributed by atoms with Crippen molar-refractivity contribution in [2.24, 2.45) is 0 Å². The molecule has 0 heterocycles. The van der Waals surface area contributed by atoms with Crippen LogP contribution in [0.1, 0.15) is 93.5 Å². The summed E-state index contributed by atoms with van der Waals surface area (Å²) in [5, 5.41) is 0. The first-order chi connectivity index (χ1) is 22.3. The number of hydrogen-bond acceptors (Lipinski definition) is 9. The quantitative estimate of drug-likeness (QED) is 0.0419. The minimum Gasteiger partial charge on any atom is -0.494 e. The molecule has 0 aliphatic carbocycles. The zero-order valence-corrected chi connectivity index (χ0v) is 26.7. The smallest absolute Gasteiger partial charge is 0.338 e. The molecule has 0 aliphatic rings. The van der Waals surface area contributed by atoms with Gasteiger partial charge in [0, 0.05) is 23.9 Å². The van der Waals surface area contributed by atoms with E-state index in [9.17, 15) is 14.4 Å². The van der Waals surface area contributed by atoms with Crippen LogP contribution < -0.4 is 25.7 Å². The Labute approximate surface area is 271 Å². The molecule has 3 rings (SSSR count). The molecule has 0 bridgehead atoms. The van der Waals surface area contributed by atoms with Gasteiger partial charge in [0.1, 0.15) is 17.2 Å². The van der Waals surface area contributed by atoms with Crippen molar-refractivity contribution >= 4 is 35.4 Å². The van der Waals surface area contributed by atoms with Crippen LogP contribution in [0.4, 0.5) is 11.4 Å². The number of carbonyl (C=O) groups excluding carboxylic acids is 3. The average Bonchev–Trinajstić information content (AvgIpc) is 3.04. The van der Waals surface area contributed by atoms with Gasteiger partial charge in [-0.05, 0) is 85.5 Å². The molecule has 0 spiro atoms. The van der Waals surface area contributed by atoms with Gasteiger partial charge in [-0.1, -0.05) is 64.0 Å². The van der Waals surface area contributed by atoms with Crippen molar-refractivity contribution < 1.29 is 33.3 Å². The van der Waals surface area contributed by atoms with E-state index in [1.807, 2.05) is 24.3 Å². The van der Waals surface area contributed by atoms with Gasteiger partial charge in [-0.15, -0.1) is 0 Å². The van der Waals surface area contributed by atoms with Crippen LogP contribution in [0.3, 0.4) is 0 Å². The molecule has 0 unspecified atom stereocenters. The Bertz CT molecular complexity index is 1380. The molecule has 246 valence electrons. The van der Waals surface area contributed by atoms with E-state index in [0.29, 0.717) is 48.1 Å². The third-order valence-corrected chi connectivity index (χ3v) is 7.05. The number of benzene rings is 3. The van der Waals surface area contributed by atoms with Crippen molar-refractivity contribution in [3.63, 3.8) is 0 Å². The summed E-state index contributed by atoms with van der Waals surface area (Å²) in [6, 6.07) is 18.6. The zero-order chi connectivity index (χ0) is 33.0.